The molecule has 5 nitrogen and oxygen atoms in total. The minimum Gasteiger partial charge on any atom is -0.468 e. The molecule has 0 aromatic carbocycles. The van der Waals surface area contributed by atoms with Crippen molar-refractivity contribution in [1.29, 1.82) is 5.26 Å². The van der Waals surface area contributed by atoms with Crippen LogP contribution in [-0.2, 0) is 9.53 Å². The molecule has 0 bridgehead atoms. The number of pyridine rings is 1. The third-order valence-electron chi connectivity index (χ3n) is 2.67. The van der Waals surface area contributed by atoms with E-state index in [0.717, 1.165) is 11.3 Å². The zero-order valence-electron chi connectivity index (χ0n) is 11.1. The lowest BCUT2D eigenvalue weighted by molar-refractivity contribution is -0.138. The van der Waals surface area contributed by atoms with E-state index in [1.54, 1.807) is 4.90 Å². The lowest BCUT2D eigenvalue weighted by Gasteiger charge is -2.22. The van der Waals surface area contributed by atoms with Gasteiger partial charge >= 0.3 is 5.97 Å². The topological polar surface area (TPSA) is 66.2 Å². The number of carbonyl (C=O) groups excluding carboxylic acids is 1. The van der Waals surface area contributed by atoms with Crippen LogP contribution in [0.2, 0.25) is 0 Å². The van der Waals surface area contributed by atoms with Gasteiger partial charge in [0, 0.05) is 12.2 Å². The Balaban J connectivity index is 3.20. The summed E-state index contributed by atoms with van der Waals surface area (Å²) in [6, 6.07) is 4.00. The summed E-state index contributed by atoms with van der Waals surface area (Å²) in [6.45, 7) is 6.31. The summed E-state index contributed by atoms with van der Waals surface area (Å²) in [7, 11) is 1.34. The van der Waals surface area contributed by atoms with E-state index in [2.05, 4.69) is 15.8 Å². The van der Waals surface area contributed by atoms with Crippen LogP contribution in [-0.4, -0.2) is 31.2 Å². The number of nitrogens with zero attached hydrogens (tertiary/aromatic N) is 3. The molecule has 5 heteroatoms. The summed E-state index contributed by atoms with van der Waals surface area (Å²) in [5.41, 5.74) is 2.19. The molecule has 0 radical (unpaired) electrons. The van der Waals surface area contributed by atoms with Gasteiger partial charge in [-0.1, -0.05) is 0 Å². The number of anilines is 1. The third-order valence-corrected chi connectivity index (χ3v) is 2.67. The maximum Gasteiger partial charge on any atom is 0.325 e. The second-order valence-electron chi connectivity index (χ2n) is 3.98. The first-order valence-corrected chi connectivity index (χ1v) is 5.73. The molecule has 0 atom stereocenters. The van der Waals surface area contributed by atoms with Crippen molar-refractivity contribution in [2.24, 2.45) is 0 Å². The highest BCUT2D eigenvalue weighted by Crippen LogP contribution is 2.21. The molecule has 1 aromatic rings. The Labute approximate surface area is 107 Å². The van der Waals surface area contributed by atoms with E-state index in [0.29, 0.717) is 17.9 Å². The molecule has 0 unspecified atom stereocenters. The van der Waals surface area contributed by atoms with Gasteiger partial charge < -0.3 is 9.64 Å². The molecule has 0 spiro atoms. The molecule has 96 valence electrons. The second-order valence-corrected chi connectivity index (χ2v) is 3.98. The fourth-order valence-electron chi connectivity index (χ4n) is 1.74. The summed E-state index contributed by atoms with van der Waals surface area (Å²) in [6.07, 6.45) is 0. The number of likely N-dealkylation sites (N-methyl/N-ethyl adjacent to an activating group) is 1. The number of methoxy groups -OCH3 is 1. The fraction of sp³-hybridized carbons (Fsp3) is 0.462. The van der Waals surface area contributed by atoms with Crippen molar-refractivity contribution in [3.63, 3.8) is 0 Å². The molecule has 0 aliphatic rings. The molecule has 1 heterocycles. The van der Waals surface area contributed by atoms with Crippen molar-refractivity contribution in [2.45, 2.75) is 20.8 Å². The monoisotopic (exact) mass is 247 g/mol. The van der Waals surface area contributed by atoms with Crippen LogP contribution in [0.5, 0.6) is 0 Å². The van der Waals surface area contributed by atoms with Gasteiger partial charge in [0.05, 0.1) is 12.7 Å². The van der Waals surface area contributed by atoms with Crippen LogP contribution in [0.15, 0.2) is 6.07 Å². The SMILES string of the molecule is CCN(CC(=O)OC)c1nc(C)cc(C)c1C#N. The molecule has 0 saturated carbocycles. The van der Waals surface area contributed by atoms with Crippen molar-refractivity contribution in [2.75, 3.05) is 25.1 Å². The number of aryl methyl sites for hydroxylation is 2. The average molecular weight is 247 g/mol. The fourth-order valence-corrected chi connectivity index (χ4v) is 1.74. The van der Waals surface area contributed by atoms with E-state index < -0.39 is 0 Å². The molecule has 0 N–H and O–H groups in total. The van der Waals surface area contributed by atoms with E-state index in [9.17, 15) is 10.1 Å². The molecule has 0 saturated heterocycles. The Morgan fingerprint density at radius 1 is 1.56 bits per heavy atom. The van der Waals surface area contributed by atoms with E-state index in [1.165, 1.54) is 7.11 Å². The molecule has 0 aliphatic heterocycles. The predicted molar refractivity (Wildman–Crippen MR) is 68.3 cm³/mol. The minimum absolute atomic E-state index is 0.0948. The van der Waals surface area contributed by atoms with Crippen LogP contribution < -0.4 is 4.90 Å². The van der Waals surface area contributed by atoms with Crippen LogP contribution >= 0.6 is 0 Å². The number of nitriles is 1. The number of hydrogen-bond acceptors (Lipinski definition) is 5. The third kappa shape index (κ3) is 2.98. The summed E-state index contributed by atoms with van der Waals surface area (Å²) < 4.78 is 4.65. The number of ether oxygens (including phenoxy) is 1. The molecular weight excluding hydrogens is 230 g/mol. The van der Waals surface area contributed by atoms with Gasteiger partial charge in [0.25, 0.3) is 0 Å². The van der Waals surface area contributed by atoms with Crippen LogP contribution in [0.3, 0.4) is 0 Å². The molecular formula is C13H17N3O2. The summed E-state index contributed by atoms with van der Waals surface area (Å²) in [4.78, 5) is 17.4. The quantitative estimate of drug-likeness (QED) is 0.755. The molecule has 18 heavy (non-hydrogen) atoms. The number of rotatable bonds is 4. The lowest BCUT2D eigenvalue weighted by Crippen LogP contribution is -2.32. The molecule has 1 rings (SSSR count). The Bertz CT molecular complexity index is 492. The van der Waals surface area contributed by atoms with Gasteiger partial charge in [-0.05, 0) is 32.4 Å². The van der Waals surface area contributed by atoms with Crippen LogP contribution in [0.4, 0.5) is 5.82 Å². The Hall–Kier alpha value is -2.09. The maximum absolute atomic E-state index is 11.3. The van der Waals surface area contributed by atoms with Crippen molar-refractivity contribution < 1.29 is 9.53 Å². The number of hydrogen-bond donors (Lipinski definition) is 0. The Morgan fingerprint density at radius 3 is 2.72 bits per heavy atom. The Morgan fingerprint density at radius 2 is 2.22 bits per heavy atom. The van der Waals surface area contributed by atoms with E-state index in [-0.39, 0.29) is 12.5 Å². The summed E-state index contributed by atoms with van der Waals surface area (Å²) >= 11 is 0. The first-order valence-electron chi connectivity index (χ1n) is 5.73. The number of aromatic nitrogens is 1. The molecule has 0 fully saturated rings. The Kier molecular flexibility index (Phi) is 4.67. The smallest absolute Gasteiger partial charge is 0.325 e. The van der Waals surface area contributed by atoms with Crippen LogP contribution in [0.1, 0.15) is 23.7 Å². The first kappa shape index (κ1) is 14.0. The van der Waals surface area contributed by atoms with Crippen LogP contribution in [0, 0.1) is 25.2 Å². The van der Waals surface area contributed by atoms with Crippen molar-refractivity contribution in [3.05, 3.63) is 22.9 Å². The zero-order valence-corrected chi connectivity index (χ0v) is 11.1. The van der Waals surface area contributed by atoms with E-state index in [4.69, 9.17) is 0 Å². The lowest BCUT2D eigenvalue weighted by atomic mass is 10.1. The van der Waals surface area contributed by atoms with Crippen molar-refractivity contribution in [3.8, 4) is 6.07 Å². The van der Waals surface area contributed by atoms with Gasteiger partial charge in [-0.2, -0.15) is 5.26 Å². The highest BCUT2D eigenvalue weighted by atomic mass is 16.5. The van der Waals surface area contributed by atoms with Gasteiger partial charge in [0.2, 0.25) is 0 Å². The largest absolute Gasteiger partial charge is 0.468 e. The first-order chi connectivity index (χ1) is 8.53. The molecule has 0 aliphatic carbocycles. The summed E-state index contributed by atoms with van der Waals surface area (Å²) in [5.74, 6) is 0.199. The van der Waals surface area contributed by atoms with Gasteiger partial charge in [-0.15, -0.1) is 0 Å². The van der Waals surface area contributed by atoms with Gasteiger partial charge in [-0.3, -0.25) is 4.79 Å². The van der Waals surface area contributed by atoms with Gasteiger partial charge in [0.1, 0.15) is 18.4 Å². The predicted octanol–water partition coefficient (Wildman–Crippen LogP) is 1.57. The molecule has 1 aromatic heterocycles. The number of carbonyl (C=O) groups is 1. The highest BCUT2D eigenvalue weighted by molar-refractivity contribution is 5.76. The van der Waals surface area contributed by atoms with Crippen molar-refractivity contribution in [1.82, 2.24) is 4.98 Å². The highest BCUT2D eigenvalue weighted by Gasteiger charge is 2.17. The maximum atomic E-state index is 11.3. The van der Waals surface area contributed by atoms with Gasteiger partial charge in [0.15, 0.2) is 0 Å². The standard InChI is InChI=1S/C13H17N3O2/c1-5-16(8-12(17)18-4)13-11(7-14)9(2)6-10(3)15-13/h6H,5,8H2,1-4H3. The van der Waals surface area contributed by atoms with Gasteiger partial charge in [-0.25, -0.2) is 4.98 Å². The number of esters is 1. The zero-order chi connectivity index (χ0) is 13.7. The normalized spacial score (nSPS) is 9.72. The molecule has 0 amide bonds. The average Bonchev–Trinajstić information content (AvgIpc) is 2.34. The van der Waals surface area contributed by atoms with Crippen molar-refractivity contribution >= 4 is 11.8 Å². The minimum atomic E-state index is -0.346. The van der Waals surface area contributed by atoms with Crippen LogP contribution in [0.25, 0.3) is 0 Å². The summed E-state index contributed by atoms with van der Waals surface area (Å²) in [5, 5.41) is 9.19. The van der Waals surface area contributed by atoms with E-state index in [1.807, 2.05) is 26.8 Å². The second kappa shape index (κ2) is 6.01. The van der Waals surface area contributed by atoms with E-state index >= 15 is 0 Å².